The molecule has 0 saturated carbocycles. The third-order valence-electron chi connectivity index (χ3n) is 1.54. The Labute approximate surface area is 83.0 Å². The highest BCUT2D eigenvalue weighted by molar-refractivity contribution is 7.75. The van der Waals surface area contributed by atoms with E-state index in [1.165, 1.54) is 0 Å². The van der Waals surface area contributed by atoms with Crippen LogP contribution in [0.2, 0.25) is 0 Å². The summed E-state index contributed by atoms with van der Waals surface area (Å²) in [6.45, 7) is 5.52. The maximum Gasteiger partial charge on any atom is 0.121 e. The van der Waals surface area contributed by atoms with Gasteiger partial charge in [-0.2, -0.15) is 0 Å². The first-order valence-corrected chi connectivity index (χ1v) is 7.54. The number of hydrogen-bond acceptors (Lipinski definition) is 3. The maximum absolute atomic E-state index is 11.8. The Morgan fingerprint density at radius 3 is 2.77 bits per heavy atom. The van der Waals surface area contributed by atoms with E-state index in [1.54, 1.807) is 24.7 Å². The molecule has 0 fully saturated rings. The van der Waals surface area contributed by atoms with E-state index in [-0.39, 0.29) is 0 Å². The Bertz CT molecular complexity index is 350. The molecule has 72 valence electrons. The molecule has 0 amide bonds. The van der Waals surface area contributed by atoms with Gasteiger partial charge in [0.25, 0.3) is 0 Å². The minimum Gasteiger partial charge on any atom is -0.361 e. The fraction of sp³-hybridized carbons (Fsp3) is 0.333. The molecular formula is C9H14NOPS. The van der Waals surface area contributed by atoms with Gasteiger partial charge in [0.05, 0.1) is 10.3 Å². The quantitative estimate of drug-likeness (QED) is 0.785. The summed E-state index contributed by atoms with van der Waals surface area (Å²) >= 11 is 1.55. The van der Waals surface area contributed by atoms with E-state index in [9.17, 15) is 4.57 Å². The van der Waals surface area contributed by atoms with E-state index in [1.807, 2.05) is 30.6 Å². The highest BCUT2D eigenvalue weighted by Gasteiger charge is 2.16. The van der Waals surface area contributed by atoms with Gasteiger partial charge in [0, 0.05) is 0 Å². The fourth-order valence-electron chi connectivity index (χ4n) is 1.00. The molecule has 0 aliphatic rings. The molecule has 0 atom stereocenters. The van der Waals surface area contributed by atoms with Gasteiger partial charge in [-0.05, 0) is 37.9 Å². The molecule has 0 aromatic carbocycles. The standard InChI is InChI=1S/C9H14NOPS/c1-4-6-10-8-5-7-13-9(8)12(2,3)11/h4-7,10H,1-3H3/b6-4+. The lowest BCUT2D eigenvalue weighted by Crippen LogP contribution is -2.02. The first kappa shape index (κ1) is 10.6. The fourth-order valence-corrected chi connectivity index (χ4v) is 3.51. The molecule has 0 aliphatic carbocycles. The highest BCUT2D eigenvalue weighted by atomic mass is 32.1. The smallest absolute Gasteiger partial charge is 0.121 e. The van der Waals surface area contributed by atoms with Gasteiger partial charge in [0.1, 0.15) is 7.14 Å². The average Bonchev–Trinajstić information content (AvgIpc) is 2.47. The van der Waals surface area contributed by atoms with Crippen molar-refractivity contribution in [3.8, 4) is 0 Å². The van der Waals surface area contributed by atoms with Gasteiger partial charge < -0.3 is 9.88 Å². The Morgan fingerprint density at radius 2 is 2.23 bits per heavy atom. The zero-order valence-corrected chi connectivity index (χ0v) is 9.78. The van der Waals surface area contributed by atoms with Crippen LogP contribution < -0.4 is 9.94 Å². The molecule has 1 aromatic heterocycles. The average molecular weight is 215 g/mol. The van der Waals surface area contributed by atoms with Crippen LogP contribution in [0.1, 0.15) is 6.92 Å². The van der Waals surface area contributed by atoms with Gasteiger partial charge in [0.2, 0.25) is 0 Å². The van der Waals surface area contributed by atoms with Crippen molar-refractivity contribution in [1.82, 2.24) is 0 Å². The van der Waals surface area contributed by atoms with Crippen LogP contribution in [0.5, 0.6) is 0 Å². The Balaban J connectivity index is 2.96. The normalized spacial score (nSPS) is 12.2. The maximum atomic E-state index is 11.8. The summed E-state index contributed by atoms with van der Waals surface area (Å²) < 4.78 is 12.8. The monoisotopic (exact) mass is 215 g/mol. The Hall–Kier alpha value is -0.530. The number of anilines is 1. The Kier molecular flexibility index (Phi) is 3.34. The summed E-state index contributed by atoms with van der Waals surface area (Å²) in [5, 5.41) is 5.07. The Morgan fingerprint density at radius 1 is 1.54 bits per heavy atom. The molecule has 0 unspecified atom stereocenters. The van der Waals surface area contributed by atoms with Crippen LogP contribution in [-0.2, 0) is 4.57 Å². The van der Waals surface area contributed by atoms with Crippen molar-refractivity contribution in [1.29, 1.82) is 0 Å². The van der Waals surface area contributed by atoms with Crippen LogP contribution in [0, 0.1) is 0 Å². The minimum atomic E-state index is -2.13. The van der Waals surface area contributed by atoms with Gasteiger partial charge in [0.15, 0.2) is 0 Å². The van der Waals surface area contributed by atoms with Crippen molar-refractivity contribution >= 4 is 28.8 Å². The van der Waals surface area contributed by atoms with Gasteiger partial charge in [-0.1, -0.05) is 6.08 Å². The zero-order chi connectivity index (χ0) is 9.90. The molecule has 13 heavy (non-hydrogen) atoms. The summed E-state index contributed by atoms with van der Waals surface area (Å²) in [5.74, 6) is 0. The third kappa shape index (κ3) is 2.71. The first-order chi connectivity index (χ1) is 6.05. The van der Waals surface area contributed by atoms with Crippen LogP contribution in [-0.4, -0.2) is 13.3 Å². The number of rotatable bonds is 3. The molecule has 0 aliphatic heterocycles. The van der Waals surface area contributed by atoms with Crippen LogP contribution in [0.4, 0.5) is 5.69 Å². The lowest BCUT2D eigenvalue weighted by Gasteiger charge is -2.06. The summed E-state index contributed by atoms with van der Waals surface area (Å²) in [6.07, 6.45) is 3.76. The summed E-state index contributed by atoms with van der Waals surface area (Å²) in [4.78, 5) is 0. The van der Waals surface area contributed by atoms with E-state index in [0.717, 1.165) is 10.3 Å². The molecule has 1 aromatic rings. The van der Waals surface area contributed by atoms with Crippen molar-refractivity contribution in [3.05, 3.63) is 23.7 Å². The van der Waals surface area contributed by atoms with Crippen molar-refractivity contribution in [3.63, 3.8) is 0 Å². The summed E-state index contributed by atoms with van der Waals surface area (Å²) in [6, 6.07) is 1.96. The van der Waals surface area contributed by atoms with Crippen LogP contribution in [0.3, 0.4) is 0 Å². The van der Waals surface area contributed by atoms with E-state index >= 15 is 0 Å². The van der Waals surface area contributed by atoms with E-state index < -0.39 is 7.14 Å². The number of allylic oxidation sites excluding steroid dienone is 1. The van der Waals surface area contributed by atoms with E-state index in [0.29, 0.717) is 0 Å². The summed E-state index contributed by atoms with van der Waals surface area (Å²) in [5.41, 5.74) is 0.969. The minimum absolute atomic E-state index is 0.964. The van der Waals surface area contributed by atoms with Gasteiger partial charge in [-0.15, -0.1) is 11.3 Å². The highest BCUT2D eigenvalue weighted by Crippen LogP contribution is 2.40. The van der Waals surface area contributed by atoms with Gasteiger partial charge in [-0.25, -0.2) is 0 Å². The topological polar surface area (TPSA) is 29.1 Å². The molecule has 0 saturated heterocycles. The molecule has 0 radical (unpaired) electrons. The SMILES string of the molecule is C/C=C/Nc1ccsc1P(C)(C)=O. The number of nitrogens with one attached hydrogen (secondary N) is 1. The molecule has 1 heterocycles. The summed E-state index contributed by atoms with van der Waals surface area (Å²) in [7, 11) is -2.13. The first-order valence-electron chi connectivity index (χ1n) is 4.06. The molecular weight excluding hydrogens is 201 g/mol. The predicted molar refractivity (Wildman–Crippen MR) is 61.8 cm³/mol. The van der Waals surface area contributed by atoms with Crippen LogP contribution >= 0.6 is 18.5 Å². The van der Waals surface area contributed by atoms with E-state index in [2.05, 4.69) is 5.32 Å². The number of hydrogen-bond donors (Lipinski definition) is 1. The second kappa shape index (κ2) is 4.12. The molecule has 1 rings (SSSR count). The lowest BCUT2D eigenvalue weighted by atomic mass is 10.5. The largest absolute Gasteiger partial charge is 0.361 e. The van der Waals surface area contributed by atoms with Crippen molar-refractivity contribution in [2.75, 3.05) is 18.6 Å². The second-order valence-electron chi connectivity index (χ2n) is 3.13. The van der Waals surface area contributed by atoms with Crippen molar-refractivity contribution < 1.29 is 4.57 Å². The van der Waals surface area contributed by atoms with Crippen LogP contribution in [0.15, 0.2) is 23.7 Å². The zero-order valence-electron chi connectivity index (χ0n) is 8.07. The third-order valence-corrected chi connectivity index (χ3v) is 5.11. The molecule has 1 N–H and O–H groups in total. The molecule has 4 heteroatoms. The van der Waals surface area contributed by atoms with Crippen LogP contribution in [0.25, 0.3) is 0 Å². The van der Waals surface area contributed by atoms with E-state index in [4.69, 9.17) is 0 Å². The van der Waals surface area contributed by atoms with Crippen molar-refractivity contribution in [2.24, 2.45) is 0 Å². The van der Waals surface area contributed by atoms with Gasteiger partial charge >= 0.3 is 0 Å². The number of thiophene rings is 1. The second-order valence-corrected chi connectivity index (χ2v) is 7.50. The molecule has 2 nitrogen and oxygen atoms in total. The predicted octanol–water partition coefficient (Wildman–Crippen LogP) is 2.94. The lowest BCUT2D eigenvalue weighted by molar-refractivity contribution is 0.589. The van der Waals surface area contributed by atoms with Crippen molar-refractivity contribution in [2.45, 2.75) is 6.92 Å². The van der Waals surface area contributed by atoms with Gasteiger partial charge in [-0.3, -0.25) is 0 Å². The molecule has 0 bridgehead atoms. The molecule has 0 spiro atoms.